The maximum Gasteiger partial charge on any atom is 0.407 e. The third-order valence-corrected chi connectivity index (χ3v) is 9.49. The molecule has 0 aromatic rings. The highest BCUT2D eigenvalue weighted by atomic mass is 32.2. The van der Waals surface area contributed by atoms with Crippen molar-refractivity contribution in [1.29, 1.82) is 0 Å². The number of unbranched alkanes of at least 4 members (excludes halogenated alkanes) is 16. The van der Waals surface area contributed by atoms with Gasteiger partial charge in [-0.2, -0.15) is 0 Å². The highest BCUT2D eigenvalue weighted by Crippen LogP contribution is 2.38. The fourth-order valence-corrected chi connectivity index (χ4v) is 6.68. The highest BCUT2D eigenvalue weighted by molar-refractivity contribution is 8.02. The molecule has 0 spiro atoms. The number of hydrogen-bond donors (Lipinski definition) is 1. The van der Waals surface area contributed by atoms with Gasteiger partial charge in [0, 0.05) is 31.1 Å². The van der Waals surface area contributed by atoms with Crippen LogP contribution in [0.4, 0.5) is 4.79 Å². The number of carbonyl (C=O) groups is 2. The fourth-order valence-electron chi connectivity index (χ4n) is 5.93. The van der Waals surface area contributed by atoms with Crippen molar-refractivity contribution < 1.29 is 19.1 Å². The average molecular weight is 595 g/mol. The van der Waals surface area contributed by atoms with Crippen LogP contribution in [0, 0.1) is 5.41 Å². The van der Waals surface area contributed by atoms with Crippen molar-refractivity contribution in [1.82, 2.24) is 10.2 Å². The molecule has 2 aliphatic rings. The second-order valence-electron chi connectivity index (χ2n) is 12.5. The van der Waals surface area contributed by atoms with Gasteiger partial charge in [-0.05, 0) is 37.5 Å². The number of hydrogen-bond acceptors (Lipinski definition) is 6. The maximum atomic E-state index is 12.3. The van der Waals surface area contributed by atoms with Crippen molar-refractivity contribution in [2.45, 2.75) is 155 Å². The van der Waals surface area contributed by atoms with Crippen molar-refractivity contribution in [3.05, 3.63) is 11.6 Å². The van der Waals surface area contributed by atoms with Crippen molar-refractivity contribution in [2.24, 2.45) is 5.41 Å². The molecule has 0 aromatic carbocycles. The van der Waals surface area contributed by atoms with Crippen LogP contribution < -0.4 is 5.32 Å². The van der Waals surface area contributed by atoms with E-state index >= 15 is 0 Å². The number of ether oxygens (including phenoxy) is 2. The Morgan fingerprint density at radius 1 is 0.756 bits per heavy atom. The molecule has 7 heteroatoms. The van der Waals surface area contributed by atoms with Gasteiger partial charge >= 0.3 is 12.1 Å². The molecule has 0 unspecified atom stereocenters. The van der Waals surface area contributed by atoms with Crippen LogP contribution in [0.2, 0.25) is 0 Å². The smallest absolute Gasteiger partial charge is 0.407 e. The number of thioether (sulfide) groups is 1. The Kier molecular flexibility index (Phi) is 21.1. The molecule has 2 rings (SSSR count). The maximum absolute atomic E-state index is 12.3. The predicted molar refractivity (Wildman–Crippen MR) is 173 cm³/mol. The Balaban J connectivity index is 1.38. The Morgan fingerprint density at radius 2 is 1.32 bits per heavy atom. The lowest BCUT2D eigenvalue weighted by Gasteiger charge is -2.27. The number of alkyl carbamates (subject to hydrolysis) is 1. The molecule has 41 heavy (non-hydrogen) atoms. The number of amides is 1. The van der Waals surface area contributed by atoms with Gasteiger partial charge in [0.15, 0.2) is 0 Å². The van der Waals surface area contributed by atoms with E-state index in [4.69, 9.17) is 9.47 Å². The summed E-state index contributed by atoms with van der Waals surface area (Å²) in [5, 5.41) is 5.03. The standard InChI is InChI=1S/C34H62N2O4S/c1-2-3-4-5-6-7-8-9-10-11-12-13-14-15-16-20-25-35-33(38)40-30-34(23-18-19-24-34)29-39-32(37)22-17-21-26-36-27-28-41-31-36/h27-28H,2-26,29-31H2,1H3,(H,35,38). The minimum Gasteiger partial charge on any atom is -0.465 e. The van der Waals surface area contributed by atoms with Crippen LogP contribution in [0.15, 0.2) is 11.6 Å². The van der Waals surface area contributed by atoms with Crippen molar-refractivity contribution in [3.63, 3.8) is 0 Å². The number of carbonyl (C=O) groups excluding carboxylic acids is 2. The topological polar surface area (TPSA) is 67.9 Å². The van der Waals surface area contributed by atoms with E-state index in [1.54, 1.807) is 11.8 Å². The van der Waals surface area contributed by atoms with Crippen molar-refractivity contribution >= 4 is 23.8 Å². The summed E-state index contributed by atoms with van der Waals surface area (Å²) in [4.78, 5) is 26.8. The van der Waals surface area contributed by atoms with Gasteiger partial charge in [0.05, 0.1) is 5.88 Å². The van der Waals surface area contributed by atoms with E-state index in [0.717, 1.165) is 63.8 Å². The van der Waals surface area contributed by atoms with Crippen LogP contribution in [-0.4, -0.2) is 49.1 Å². The lowest BCUT2D eigenvalue weighted by molar-refractivity contribution is -0.148. The van der Waals surface area contributed by atoms with Crippen LogP contribution >= 0.6 is 11.8 Å². The van der Waals surface area contributed by atoms with Gasteiger partial charge in [0.25, 0.3) is 0 Å². The van der Waals surface area contributed by atoms with Gasteiger partial charge in [0.2, 0.25) is 0 Å². The summed E-state index contributed by atoms with van der Waals surface area (Å²) < 4.78 is 11.2. The lowest BCUT2D eigenvalue weighted by atomic mass is 9.88. The van der Waals surface area contributed by atoms with Gasteiger partial charge in [-0.25, -0.2) is 4.79 Å². The molecule has 238 valence electrons. The molecule has 1 aliphatic heterocycles. The van der Waals surface area contributed by atoms with Gasteiger partial charge in [-0.15, -0.1) is 11.8 Å². The van der Waals surface area contributed by atoms with Gasteiger partial charge < -0.3 is 19.7 Å². The molecule has 0 radical (unpaired) electrons. The Labute approximate surface area is 256 Å². The molecule has 0 saturated heterocycles. The number of nitrogens with zero attached hydrogens (tertiary/aromatic N) is 1. The monoisotopic (exact) mass is 594 g/mol. The average Bonchev–Trinajstić information content (AvgIpc) is 3.68. The van der Waals surface area contributed by atoms with Crippen LogP contribution in [-0.2, 0) is 14.3 Å². The Bertz CT molecular complexity index is 696. The first kappa shape index (κ1) is 35.8. The molecule has 0 aromatic heterocycles. The summed E-state index contributed by atoms with van der Waals surface area (Å²) in [6.45, 7) is 4.64. The van der Waals surface area contributed by atoms with Crippen LogP contribution in [0.25, 0.3) is 0 Å². The van der Waals surface area contributed by atoms with E-state index in [0.29, 0.717) is 26.2 Å². The molecule has 1 amide bonds. The summed E-state index contributed by atoms with van der Waals surface area (Å²) in [5.41, 5.74) is -0.210. The second-order valence-corrected chi connectivity index (χ2v) is 13.4. The van der Waals surface area contributed by atoms with Crippen LogP contribution in [0.3, 0.4) is 0 Å². The summed E-state index contributed by atoms with van der Waals surface area (Å²) in [5.74, 6) is 0.885. The lowest BCUT2D eigenvalue weighted by Crippen LogP contribution is -2.35. The van der Waals surface area contributed by atoms with Gasteiger partial charge in [-0.1, -0.05) is 116 Å². The first-order valence-corrected chi connectivity index (χ1v) is 18.3. The summed E-state index contributed by atoms with van der Waals surface area (Å²) in [7, 11) is 0. The van der Waals surface area contributed by atoms with Crippen LogP contribution in [0.5, 0.6) is 0 Å². The largest absolute Gasteiger partial charge is 0.465 e. The molecule has 1 saturated carbocycles. The van der Waals surface area contributed by atoms with E-state index in [1.165, 1.54) is 89.9 Å². The van der Waals surface area contributed by atoms with Crippen molar-refractivity contribution in [3.8, 4) is 0 Å². The summed E-state index contributed by atoms with van der Waals surface area (Å²) >= 11 is 1.80. The van der Waals surface area contributed by atoms with Crippen molar-refractivity contribution in [2.75, 3.05) is 32.2 Å². The fraction of sp³-hybridized carbons (Fsp3) is 0.882. The highest BCUT2D eigenvalue weighted by Gasteiger charge is 2.37. The zero-order valence-electron chi connectivity index (χ0n) is 26.4. The minimum absolute atomic E-state index is 0.129. The third kappa shape index (κ3) is 18.7. The molecule has 1 N–H and O–H groups in total. The normalized spacial score (nSPS) is 15.9. The van der Waals surface area contributed by atoms with E-state index in [1.807, 2.05) is 0 Å². The third-order valence-electron chi connectivity index (χ3n) is 8.70. The molecule has 6 nitrogen and oxygen atoms in total. The van der Waals surface area contributed by atoms with Gasteiger partial charge in [-0.3, -0.25) is 4.79 Å². The zero-order valence-corrected chi connectivity index (χ0v) is 27.3. The number of esters is 1. The molecule has 1 heterocycles. The molecular weight excluding hydrogens is 532 g/mol. The first-order chi connectivity index (χ1) is 20.1. The number of rotatable bonds is 26. The van der Waals surface area contributed by atoms with E-state index in [-0.39, 0.29) is 17.5 Å². The number of nitrogens with one attached hydrogen (secondary N) is 1. The Morgan fingerprint density at radius 3 is 1.88 bits per heavy atom. The SMILES string of the molecule is CCCCCCCCCCCCCCCCCCNC(=O)OCC1(COC(=O)CCCCN2C=CSC2)CCCC1. The zero-order chi connectivity index (χ0) is 29.3. The first-order valence-electron chi connectivity index (χ1n) is 17.2. The second kappa shape index (κ2) is 24.1. The molecular formula is C34H62N2O4S. The predicted octanol–water partition coefficient (Wildman–Crippen LogP) is 9.73. The van der Waals surface area contributed by atoms with E-state index in [9.17, 15) is 9.59 Å². The minimum atomic E-state index is -0.335. The summed E-state index contributed by atoms with van der Waals surface area (Å²) in [6.07, 6.45) is 29.7. The molecule has 0 atom stereocenters. The van der Waals surface area contributed by atoms with E-state index in [2.05, 4.69) is 28.7 Å². The molecule has 0 bridgehead atoms. The quantitative estimate of drug-likeness (QED) is 0.0794. The summed E-state index contributed by atoms with van der Waals surface area (Å²) in [6, 6.07) is 0. The van der Waals surface area contributed by atoms with Gasteiger partial charge in [0.1, 0.15) is 13.2 Å². The molecule has 1 fully saturated rings. The van der Waals surface area contributed by atoms with Crippen LogP contribution in [0.1, 0.15) is 155 Å². The molecule has 1 aliphatic carbocycles. The van der Waals surface area contributed by atoms with E-state index < -0.39 is 0 Å². The Hall–Kier alpha value is -1.37.